The summed E-state index contributed by atoms with van der Waals surface area (Å²) >= 11 is 0. The van der Waals surface area contributed by atoms with E-state index in [1.165, 1.54) is 13.0 Å². The topological polar surface area (TPSA) is 67.5 Å². The standard InChI is InChI=1S/C13H10O4/c1-8(14)9-2-4-10(5-3-9)11-6-7-12(17-11)13(15)16/h2-7H,1H3,(H,15,16). The van der Waals surface area contributed by atoms with Crippen LogP contribution in [0.25, 0.3) is 11.3 Å². The fourth-order valence-corrected chi connectivity index (χ4v) is 1.48. The average Bonchev–Trinajstić information content (AvgIpc) is 2.78. The summed E-state index contributed by atoms with van der Waals surface area (Å²) < 4.78 is 5.15. The molecule has 0 aliphatic carbocycles. The van der Waals surface area contributed by atoms with Crippen LogP contribution in [0.3, 0.4) is 0 Å². The van der Waals surface area contributed by atoms with Gasteiger partial charge in [0.05, 0.1) is 0 Å². The number of furan rings is 1. The summed E-state index contributed by atoms with van der Waals surface area (Å²) in [4.78, 5) is 21.7. The Morgan fingerprint density at radius 1 is 1.06 bits per heavy atom. The van der Waals surface area contributed by atoms with Gasteiger partial charge in [0.15, 0.2) is 5.78 Å². The number of hydrogen-bond donors (Lipinski definition) is 1. The molecule has 0 bridgehead atoms. The third kappa shape index (κ3) is 2.25. The van der Waals surface area contributed by atoms with Crippen LogP contribution in [0.2, 0.25) is 0 Å². The van der Waals surface area contributed by atoms with Crippen molar-refractivity contribution in [1.29, 1.82) is 0 Å². The minimum atomic E-state index is -1.10. The van der Waals surface area contributed by atoms with Crippen LogP contribution >= 0.6 is 0 Å². The van der Waals surface area contributed by atoms with Gasteiger partial charge in [-0.1, -0.05) is 24.3 Å². The van der Waals surface area contributed by atoms with Crippen LogP contribution in [-0.4, -0.2) is 16.9 Å². The van der Waals surface area contributed by atoms with E-state index < -0.39 is 5.97 Å². The molecule has 1 aromatic carbocycles. The normalized spacial score (nSPS) is 10.2. The van der Waals surface area contributed by atoms with Crippen molar-refractivity contribution >= 4 is 11.8 Å². The summed E-state index contributed by atoms with van der Waals surface area (Å²) in [6, 6.07) is 9.80. The lowest BCUT2D eigenvalue weighted by Gasteiger charge is -1.98. The summed E-state index contributed by atoms with van der Waals surface area (Å²) in [7, 11) is 0. The number of carbonyl (C=O) groups excluding carboxylic acids is 1. The van der Waals surface area contributed by atoms with Crippen molar-refractivity contribution in [2.45, 2.75) is 6.92 Å². The van der Waals surface area contributed by atoms with Gasteiger partial charge >= 0.3 is 5.97 Å². The van der Waals surface area contributed by atoms with Crippen LogP contribution in [0.5, 0.6) is 0 Å². The van der Waals surface area contributed by atoms with Crippen molar-refractivity contribution in [3.8, 4) is 11.3 Å². The van der Waals surface area contributed by atoms with Gasteiger partial charge in [-0.05, 0) is 19.1 Å². The van der Waals surface area contributed by atoms with Crippen molar-refractivity contribution in [3.63, 3.8) is 0 Å². The molecular weight excluding hydrogens is 220 g/mol. The number of Topliss-reactive ketones (excluding diaryl/α,β-unsaturated/α-hetero) is 1. The number of aromatic carboxylic acids is 1. The first kappa shape index (κ1) is 11.1. The van der Waals surface area contributed by atoms with Crippen LogP contribution in [0, 0.1) is 0 Å². The first-order valence-corrected chi connectivity index (χ1v) is 5.02. The van der Waals surface area contributed by atoms with Crippen LogP contribution in [0.15, 0.2) is 40.8 Å². The zero-order valence-electron chi connectivity index (χ0n) is 9.14. The molecule has 2 rings (SSSR count). The molecule has 0 unspecified atom stereocenters. The fourth-order valence-electron chi connectivity index (χ4n) is 1.48. The van der Waals surface area contributed by atoms with Crippen molar-refractivity contribution < 1.29 is 19.1 Å². The van der Waals surface area contributed by atoms with Crippen LogP contribution in [0.4, 0.5) is 0 Å². The molecule has 1 heterocycles. The van der Waals surface area contributed by atoms with E-state index in [0.29, 0.717) is 11.3 Å². The quantitative estimate of drug-likeness (QED) is 0.823. The van der Waals surface area contributed by atoms with E-state index in [1.807, 2.05) is 0 Å². The number of carbonyl (C=O) groups is 2. The molecule has 0 spiro atoms. The molecule has 2 aromatic rings. The van der Waals surface area contributed by atoms with Gasteiger partial charge in [0, 0.05) is 11.1 Å². The van der Waals surface area contributed by atoms with Gasteiger partial charge in [-0.2, -0.15) is 0 Å². The van der Waals surface area contributed by atoms with Gasteiger partial charge < -0.3 is 9.52 Å². The zero-order valence-corrected chi connectivity index (χ0v) is 9.14. The number of ketones is 1. The molecule has 0 atom stereocenters. The Kier molecular flexibility index (Phi) is 2.78. The predicted molar refractivity (Wildman–Crippen MR) is 61.1 cm³/mol. The highest BCUT2D eigenvalue weighted by Crippen LogP contribution is 2.22. The summed E-state index contributed by atoms with van der Waals surface area (Å²) in [6.07, 6.45) is 0. The van der Waals surface area contributed by atoms with E-state index in [-0.39, 0.29) is 11.5 Å². The number of hydrogen-bond acceptors (Lipinski definition) is 3. The molecule has 86 valence electrons. The summed E-state index contributed by atoms with van der Waals surface area (Å²) in [5, 5.41) is 8.72. The number of benzene rings is 1. The van der Waals surface area contributed by atoms with Gasteiger partial charge in [0.1, 0.15) is 5.76 Å². The van der Waals surface area contributed by atoms with E-state index in [4.69, 9.17) is 9.52 Å². The van der Waals surface area contributed by atoms with Gasteiger partial charge in [0.25, 0.3) is 0 Å². The Bertz CT molecular complexity index is 563. The van der Waals surface area contributed by atoms with E-state index in [9.17, 15) is 9.59 Å². The molecule has 0 saturated heterocycles. The number of carboxylic acids is 1. The van der Waals surface area contributed by atoms with E-state index in [1.54, 1.807) is 30.3 Å². The Labute approximate surface area is 97.5 Å². The minimum Gasteiger partial charge on any atom is -0.475 e. The monoisotopic (exact) mass is 230 g/mol. The largest absolute Gasteiger partial charge is 0.475 e. The molecule has 17 heavy (non-hydrogen) atoms. The maximum atomic E-state index is 11.1. The second-order valence-electron chi connectivity index (χ2n) is 3.60. The highest BCUT2D eigenvalue weighted by molar-refractivity contribution is 5.94. The van der Waals surface area contributed by atoms with E-state index >= 15 is 0 Å². The molecule has 1 N–H and O–H groups in total. The number of rotatable bonds is 3. The first-order valence-electron chi connectivity index (χ1n) is 5.02. The highest BCUT2D eigenvalue weighted by atomic mass is 16.4. The molecule has 0 radical (unpaired) electrons. The predicted octanol–water partition coefficient (Wildman–Crippen LogP) is 2.85. The van der Waals surface area contributed by atoms with Gasteiger partial charge in [-0.25, -0.2) is 4.79 Å². The Balaban J connectivity index is 2.33. The van der Waals surface area contributed by atoms with E-state index in [0.717, 1.165) is 5.56 Å². The van der Waals surface area contributed by atoms with Crippen molar-refractivity contribution in [2.24, 2.45) is 0 Å². The van der Waals surface area contributed by atoms with Crippen molar-refractivity contribution in [2.75, 3.05) is 0 Å². The third-order valence-electron chi connectivity index (χ3n) is 2.39. The molecule has 4 nitrogen and oxygen atoms in total. The Morgan fingerprint density at radius 2 is 1.71 bits per heavy atom. The third-order valence-corrected chi connectivity index (χ3v) is 2.39. The van der Waals surface area contributed by atoms with Gasteiger partial charge in [-0.3, -0.25) is 4.79 Å². The smallest absolute Gasteiger partial charge is 0.371 e. The molecule has 0 saturated carbocycles. The van der Waals surface area contributed by atoms with Gasteiger partial charge in [-0.15, -0.1) is 0 Å². The number of carboxylic acid groups (broad SMARTS) is 1. The Hall–Kier alpha value is -2.36. The summed E-state index contributed by atoms with van der Waals surface area (Å²) in [6.45, 7) is 1.49. The van der Waals surface area contributed by atoms with Crippen LogP contribution < -0.4 is 0 Å². The molecule has 0 amide bonds. The lowest BCUT2D eigenvalue weighted by Crippen LogP contribution is -1.92. The Morgan fingerprint density at radius 3 is 2.18 bits per heavy atom. The lowest BCUT2D eigenvalue weighted by atomic mass is 10.1. The molecule has 0 aliphatic heterocycles. The van der Waals surface area contributed by atoms with Crippen molar-refractivity contribution in [3.05, 3.63) is 47.7 Å². The van der Waals surface area contributed by atoms with E-state index in [2.05, 4.69) is 0 Å². The van der Waals surface area contributed by atoms with Crippen LogP contribution in [-0.2, 0) is 0 Å². The first-order chi connectivity index (χ1) is 8.08. The highest BCUT2D eigenvalue weighted by Gasteiger charge is 2.10. The van der Waals surface area contributed by atoms with Crippen LogP contribution in [0.1, 0.15) is 27.8 Å². The molecular formula is C13H10O4. The van der Waals surface area contributed by atoms with Gasteiger partial charge in [0.2, 0.25) is 5.76 Å². The summed E-state index contributed by atoms with van der Waals surface area (Å²) in [5.41, 5.74) is 1.35. The average molecular weight is 230 g/mol. The zero-order chi connectivity index (χ0) is 12.4. The summed E-state index contributed by atoms with van der Waals surface area (Å²) in [5.74, 6) is -0.744. The van der Waals surface area contributed by atoms with Crippen molar-refractivity contribution in [1.82, 2.24) is 0 Å². The maximum Gasteiger partial charge on any atom is 0.371 e. The molecule has 4 heteroatoms. The maximum absolute atomic E-state index is 11.1. The lowest BCUT2D eigenvalue weighted by molar-refractivity contribution is 0.0663. The second kappa shape index (κ2) is 4.25. The fraction of sp³-hybridized carbons (Fsp3) is 0.0769. The SMILES string of the molecule is CC(=O)c1ccc(-c2ccc(C(=O)O)o2)cc1. The molecule has 1 aromatic heterocycles. The second-order valence-corrected chi connectivity index (χ2v) is 3.60. The minimum absolute atomic E-state index is 0.0118. The molecule has 0 fully saturated rings. The molecule has 0 aliphatic rings.